The van der Waals surface area contributed by atoms with Gasteiger partial charge in [-0.3, -0.25) is 9.59 Å². The van der Waals surface area contributed by atoms with Crippen molar-refractivity contribution in [1.82, 2.24) is 9.80 Å². The quantitative estimate of drug-likeness (QED) is 0.857. The zero-order valence-electron chi connectivity index (χ0n) is 12.9. The second kappa shape index (κ2) is 7.25. The summed E-state index contributed by atoms with van der Waals surface area (Å²) in [7, 11) is 0. The van der Waals surface area contributed by atoms with E-state index in [1.165, 1.54) is 0 Å². The molecule has 1 fully saturated rings. The molecule has 21 heavy (non-hydrogen) atoms. The van der Waals surface area contributed by atoms with Crippen molar-refractivity contribution in [3.8, 4) is 0 Å². The zero-order valence-corrected chi connectivity index (χ0v) is 12.9. The SMILES string of the molecule is CC(C)CC(=O)N1CCCN(C(=O)c2ccccc2)CC1. The van der Waals surface area contributed by atoms with Gasteiger partial charge in [0, 0.05) is 38.2 Å². The third kappa shape index (κ3) is 4.31. The van der Waals surface area contributed by atoms with Crippen molar-refractivity contribution < 1.29 is 9.59 Å². The Balaban J connectivity index is 1.95. The van der Waals surface area contributed by atoms with Gasteiger partial charge in [0.1, 0.15) is 0 Å². The first-order valence-corrected chi connectivity index (χ1v) is 7.70. The average Bonchev–Trinajstić information content (AvgIpc) is 2.72. The van der Waals surface area contributed by atoms with Gasteiger partial charge in [-0.15, -0.1) is 0 Å². The van der Waals surface area contributed by atoms with Crippen molar-refractivity contribution >= 4 is 11.8 Å². The predicted octanol–water partition coefficient (Wildman–Crippen LogP) is 2.41. The molecule has 2 amide bonds. The Morgan fingerprint density at radius 2 is 1.62 bits per heavy atom. The van der Waals surface area contributed by atoms with Crippen LogP contribution in [0.5, 0.6) is 0 Å². The molecule has 0 radical (unpaired) electrons. The minimum Gasteiger partial charge on any atom is -0.341 e. The van der Waals surface area contributed by atoms with Crippen LogP contribution in [0.1, 0.15) is 37.0 Å². The van der Waals surface area contributed by atoms with Crippen LogP contribution in [0, 0.1) is 5.92 Å². The molecule has 0 aliphatic carbocycles. The van der Waals surface area contributed by atoms with E-state index in [-0.39, 0.29) is 11.8 Å². The molecule has 0 atom stereocenters. The standard InChI is InChI=1S/C17H24N2O2/c1-14(2)13-16(20)18-9-6-10-19(12-11-18)17(21)15-7-4-3-5-8-15/h3-5,7-8,14H,6,9-13H2,1-2H3. The summed E-state index contributed by atoms with van der Waals surface area (Å²) >= 11 is 0. The summed E-state index contributed by atoms with van der Waals surface area (Å²) in [5.41, 5.74) is 0.722. The van der Waals surface area contributed by atoms with Crippen LogP contribution in [-0.2, 0) is 4.79 Å². The van der Waals surface area contributed by atoms with Crippen LogP contribution in [0.25, 0.3) is 0 Å². The Hall–Kier alpha value is -1.84. The van der Waals surface area contributed by atoms with Crippen LogP contribution >= 0.6 is 0 Å². The molecule has 0 bridgehead atoms. The van der Waals surface area contributed by atoms with Gasteiger partial charge in [-0.25, -0.2) is 0 Å². The fourth-order valence-electron chi connectivity index (χ4n) is 2.61. The summed E-state index contributed by atoms with van der Waals surface area (Å²) in [6.45, 7) is 6.85. The topological polar surface area (TPSA) is 40.6 Å². The van der Waals surface area contributed by atoms with E-state index in [2.05, 4.69) is 13.8 Å². The van der Waals surface area contributed by atoms with Gasteiger partial charge in [-0.05, 0) is 24.5 Å². The van der Waals surface area contributed by atoms with E-state index in [0.717, 1.165) is 25.1 Å². The molecule has 1 aromatic rings. The van der Waals surface area contributed by atoms with Crippen molar-refractivity contribution in [3.63, 3.8) is 0 Å². The number of nitrogens with zero attached hydrogens (tertiary/aromatic N) is 2. The second-order valence-corrected chi connectivity index (χ2v) is 5.99. The maximum absolute atomic E-state index is 12.4. The van der Waals surface area contributed by atoms with Crippen molar-refractivity contribution in [3.05, 3.63) is 35.9 Å². The highest BCUT2D eigenvalue weighted by Gasteiger charge is 2.22. The Kier molecular flexibility index (Phi) is 5.37. The highest BCUT2D eigenvalue weighted by Crippen LogP contribution is 2.11. The first-order chi connectivity index (χ1) is 10.1. The largest absolute Gasteiger partial charge is 0.341 e. The minimum atomic E-state index is 0.0637. The summed E-state index contributed by atoms with van der Waals surface area (Å²) in [5, 5.41) is 0. The van der Waals surface area contributed by atoms with Gasteiger partial charge in [0.25, 0.3) is 5.91 Å². The Morgan fingerprint density at radius 1 is 1.00 bits per heavy atom. The molecular formula is C17H24N2O2. The van der Waals surface area contributed by atoms with Crippen molar-refractivity contribution in [2.45, 2.75) is 26.7 Å². The fourth-order valence-corrected chi connectivity index (χ4v) is 2.61. The first kappa shape index (κ1) is 15.5. The Bertz CT molecular complexity index is 485. The van der Waals surface area contributed by atoms with E-state index in [9.17, 15) is 9.59 Å². The zero-order chi connectivity index (χ0) is 15.2. The van der Waals surface area contributed by atoms with Gasteiger partial charge >= 0.3 is 0 Å². The molecule has 1 aliphatic rings. The molecule has 114 valence electrons. The van der Waals surface area contributed by atoms with Crippen LogP contribution in [0.15, 0.2) is 30.3 Å². The van der Waals surface area contributed by atoms with Gasteiger partial charge < -0.3 is 9.80 Å². The molecule has 0 saturated carbocycles. The van der Waals surface area contributed by atoms with Crippen LogP contribution < -0.4 is 0 Å². The van der Waals surface area contributed by atoms with Gasteiger partial charge in [0.2, 0.25) is 5.91 Å². The number of amides is 2. The van der Waals surface area contributed by atoms with Gasteiger partial charge in [0.15, 0.2) is 0 Å². The molecule has 1 aliphatic heterocycles. The van der Waals surface area contributed by atoms with E-state index >= 15 is 0 Å². The molecule has 1 heterocycles. The lowest BCUT2D eigenvalue weighted by Gasteiger charge is -2.23. The average molecular weight is 288 g/mol. The molecule has 0 aromatic heterocycles. The molecule has 0 unspecified atom stereocenters. The number of hydrogen-bond acceptors (Lipinski definition) is 2. The molecule has 2 rings (SSSR count). The van der Waals surface area contributed by atoms with Gasteiger partial charge in [-0.1, -0.05) is 32.0 Å². The Labute approximate surface area is 126 Å². The number of hydrogen-bond donors (Lipinski definition) is 0. The third-order valence-electron chi connectivity index (χ3n) is 3.74. The van der Waals surface area contributed by atoms with Gasteiger partial charge in [-0.2, -0.15) is 0 Å². The molecule has 0 N–H and O–H groups in total. The predicted molar refractivity (Wildman–Crippen MR) is 83.0 cm³/mol. The summed E-state index contributed by atoms with van der Waals surface area (Å²) in [6, 6.07) is 9.35. The Morgan fingerprint density at radius 3 is 2.29 bits per heavy atom. The summed E-state index contributed by atoms with van der Waals surface area (Å²) in [5.74, 6) is 0.649. The lowest BCUT2D eigenvalue weighted by Crippen LogP contribution is -2.37. The third-order valence-corrected chi connectivity index (χ3v) is 3.74. The van der Waals surface area contributed by atoms with E-state index in [1.807, 2.05) is 40.1 Å². The molecule has 1 saturated heterocycles. The highest BCUT2D eigenvalue weighted by molar-refractivity contribution is 5.94. The minimum absolute atomic E-state index is 0.0637. The highest BCUT2D eigenvalue weighted by atomic mass is 16.2. The van der Waals surface area contributed by atoms with Crippen LogP contribution in [0.4, 0.5) is 0 Å². The van der Waals surface area contributed by atoms with E-state index in [1.54, 1.807) is 0 Å². The van der Waals surface area contributed by atoms with Gasteiger partial charge in [0.05, 0.1) is 0 Å². The number of carbonyl (C=O) groups is 2. The number of benzene rings is 1. The molecule has 0 spiro atoms. The smallest absolute Gasteiger partial charge is 0.253 e. The molecule has 1 aromatic carbocycles. The van der Waals surface area contributed by atoms with Crippen molar-refractivity contribution in [2.24, 2.45) is 5.92 Å². The number of rotatable bonds is 3. The fraction of sp³-hybridized carbons (Fsp3) is 0.529. The van der Waals surface area contributed by atoms with E-state index in [4.69, 9.17) is 0 Å². The van der Waals surface area contributed by atoms with E-state index in [0.29, 0.717) is 25.4 Å². The molecule has 4 nitrogen and oxygen atoms in total. The van der Waals surface area contributed by atoms with E-state index < -0.39 is 0 Å². The normalized spacial score (nSPS) is 16.0. The number of carbonyl (C=O) groups excluding carboxylic acids is 2. The molecular weight excluding hydrogens is 264 g/mol. The first-order valence-electron chi connectivity index (χ1n) is 7.70. The maximum atomic E-state index is 12.4. The van der Waals surface area contributed by atoms with Crippen LogP contribution in [0.3, 0.4) is 0 Å². The van der Waals surface area contributed by atoms with Crippen LogP contribution in [0.2, 0.25) is 0 Å². The summed E-state index contributed by atoms with van der Waals surface area (Å²) < 4.78 is 0. The second-order valence-electron chi connectivity index (χ2n) is 5.99. The summed E-state index contributed by atoms with van der Waals surface area (Å²) in [6.07, 6.45) is 1.44. The monoisotopic (exact) mass is 288 g/mol. The maximum Gasteiger partial charge on any atom is 0.253 e. The molecule has 4 heteroatoms. The van der Waals surface area contributed by atoms with Crippen molar-refractivity contribution in [1.29, 1.82) is 0 Å². The van der Waals surface area contributed by atoms with Crippen molar-refractivity contribution in [2.75, 3.05) is 26.2 Å². The summed E-state index contributed by atoms with van der Waals surface area (Å²) in [4.78, 5) is 28.3. The van der Waals surface area contributed by atoms with Crippen LogP contribution in [-0.4, -0.2) is 47.8 Å². The lowest BCUT2D eigenvalue weighted by molar-refractivity contribution is -0.131. The lowest BCUT2D eigenvalue weighted by atomic mass is 10.1.